The fraction of sp³-hybridized carbons (Fsp3) is 0.368. The highest BCUT2D eigenvalue weighted by Crippen LogP contribution is 2.18. The molecule has 150 valence electrons. The molecule has 9 heteroatoms. The first-order valence-corrected chi connectivity index (χ1v) is 9.53. The number of aromatic nitrogens is 1. The van der Waals surface area contributed by atoms with E-state index >= 15 is 0 Å². The van der Waals surface area contributed by atoms with E-state index in [2.05, 4.69) is 15.5 Å². The zero-order chi connectivity index (χ0) is 20.6. The van der Waals surface area contributed by atoms with Gasteiger partial charge in [0.05, 0.1) is 6.61 Å². The van der Waals surface area contributed by atoms with Gasteiger partial charge in [0.15, 0.2) is 5.13 Å². The van der Waals surface area contributed by atoms with Crippen LogP contribution < -0.4 is 5.32 Å². The lowest BCUT2D eigenvalue weighted by Crippen LogP contribution is -2.27. The first-order valence-electron chi connectivity index (χ1n) is 8.65. The lowest BCUT2D eigenvalue weighted by atomic mass is 10.2. The summed E-state index contributed by atoms with van der Waals surface area (Å²) in [6, 6.07) is 9.41. The summed E-state index contributed by atoms with van der Waals surface area (Å²) in [7, 11) is 0. The summed E-state index contributed by atoms with van der Waals surface area (Å²) in [5, 5.41) is 8.27. The Bertz CT molecular complexity index is 828. The topological polar surface area (TPSA) is 99.1 Å². The molecule has 0 unspecified atom stereocenters. The predicted octanol–water partition coefficient (Wildman–Crippen LogP) is 3.97. The van der Waals surface area contributed by atoms with E-state index in [0.717, 1.165) is 16.9 Å². The van der Waals surface area contributed by atoms with Gasteiger partial charge in [0.1, 0.15) is 17.9 Å². The number of ether oxygens (including phenoxy) is 2. The summed E-state index contributed by atoms with van der Waals surface area (Å²) < 4.78 is 10.2. The first kappa shape index (κ1) is 21.4. The molecule has 0 atom stereocenters. The average molecular weight is 405 g/mol. The molecule has 0 saturated carbocycles. The molecule has 1 heterocycles. The molecule has 0 aliphatic rings. The second-order valence-electron chi connectivity index (χ2n) is 6.58. The van der Waals surface area contributed by atoms with Crippen molar-refractivity contribution in [3.05, 3.63) is 47.0 Å². The smallest absolute Gasteiger partial charge is 0.413 e. The van der Waals surface area contributed by atoms with Gasteiger partial charge in [-0.1, -0.05) is 35.5 Å². The maximum absolute atomic E-state index is 12.2. The van der Waals surface area contributed by atoms with E-state index in [-0.39, 0.29) is 29.8 Å². The number of carbonyl (C=O) groups excluding carboxylic acids is 2. The number of hydrogen-bond donors (Lipinski definition) is 1. The minimum Gasteiger partial charge on any atom is -0.461 e. The maximum Gasteiger partial charge on any atom is 0.413 e. The van der Waals surface area contributed by atoms with Crippen molar-refractivity contribution >= 4 is 34.2 Å². The van der Waals surface area contributed by atoms with Crippen LogP contribution in [0.3, 0.4) is 0 Å². The van der Waals surface area contributed by atoms with Gasteiger partial charge in [-0.15, -0.1) is 11.3 Å². The minimum atomic E-state index is -0.662. The number of amides is 1. The van der Waals surface area contributed by atoms with Crippen LogP contribution in [0.15, 0.2) is 40.9 Å². The Morgan fingerprint density at radius 1 is 1.21 bits per heavy atom. The molecule has 28 heavy (non-hydrogen) atoms. The van der Waals surface area contributed by atoms with E-state index in [9.17, 15) is 9.59 Å². The number of hydrogen-bond acceptors (Lipinski definition) is 8. The van der Waals surface area contributed by atoms with E-state index in [4.69, 9.17) is 14.3 Å². The molecule has 0 saturated heterocycles. The Kier molecular flexibility index (Phi) is 7.51. The highest BCUT2D eigenvalue weighted by atomic mass is 32.1. The number of benzene rings is 1. The van der Waals surface area contributed by atoms with Crippen molar-refractivity contribution in [1.29, 1.82) is 0 Å². The van der Waals surface area contributed by atoms with E-state index in [1.165, 1.54) is 0 Å². The third-order valence-corrected chi connectivity index (χ3v) is 3.81. The number of carbonyl (C=O) groups is 2. The summed E-state index contributed by atoms with van der Waals surface area (Å²) in [6.07, 6.45) is -0.636. The number of oxime groups is 1. The summed E-state index contributed by atoms with van der Waals surface area (Å²) in [5.41, 5.74) is 0.432. The molecule has 1 aromatic heterocycles. The average Bonchev–Trinajstić information content (AvgIpc) is 3.06. The summed E-state index contributed by atoms with van der Waals surface area (Å²) in [5.74, 6) is -0.662. The molecule has 0 spiro atoms. The highest BCUT2D eigenvalue weighted by Gasteiger charge is 2.22. The number of nitrogens with one attached hydrogen (secondary N) is 1. The van der Waals surface area contributed by atoms with Crippen LogP contribution in [0, 0.1) is 0 Å². The number of nitrogens with zero attached hydrogens (tertiary/aromatic N) is 2. The van der Waals surface area contributed by atoms with Gasteiger partial charge in [0, 0.05) is 5.38 Å². The molecule has 0 radical (unpaired) electrons. The molecular formula is C19H23N3O5S. The Morgan fingerprint density at radius 3 is 2.57 bits per heavy atom. The van der Waals surface area contributed by atoms with Crippen LogP contribution in [0.25, 0.3) is 0 Å². The number of rotatable bonds is 7. The molecule has 2 aromatic rings. The molecule has 2 rings (SSSR count). The number of esters is 1. The second kappa shape index (κ2) is 9.84. The molecule has 0 aliphatic carbocycles. The van der Waals surface area contributed by atoms with Crippen LogP contribution in [0.1, 0.15) is 39.0 Å². The molecule has 1 aromatic carbocycles. The summed E-state index contributed by atoms with van der Waals surface area (Å²) in [4.78, 5) is 33.6. The van der Waals surface area contributed by atoms with Crippen LogP contribution in [-0.4, -0.2) is 35.0 Å². The molecule has 8 nitrogen and oxygen atoms in total. The molecule has 1 N–H and O–H groups in total. The van der Waals surface area contributed by atoms with Crippen molar-refractivity contribution in [3.63, 3.8) is 0 Å². The normalized spacial score (nSPS) is 11.6. The van der Waals surface area contributed by atoms with E-state index in [1.54, 1.807) is 33.1 Å². The molecule has 0 bridgehead atoms. The van der Waals surface area contributed by atoms with Gasteiger partial charge in [-0.3, -0.25) is 5.32 Å². The molecular weight excluding hydrogens is 382 g/mol. The van der Waals surface area contributed by atoms with Gasteiger partial charge in [0.25, 0.3) is 0 Å². The Hall–Kier alpha value is -2.94. The minimum absolute atomic E-state index is 0.0775. The molecule has 0 aliphatic heterocycles. The van der Waals surface area contributed by atoms with Crippen molar-refractivity contribution < 1.29 is 23.9 Å². The van der Waals surface area contributed by atoms with Crippen LogP contribution in [0.5, 0.6) is 0 Å². The molecule has 0 fully saturated rings. The quantitative estimate of drug-likeness (QED) is 0.425. The zero-order valence-corrected chi connectivity index (χ0v) is 17.0. The number of thiazole rings is 1. The van der Waals surface area contributed by atoms with E-state index in [0.29, 0.717) is 0 Å². The fourth-order valence-corrected chi connectivity index (χ4v) is 2.65. The van der Waals surface area contributed by atoms with Gasteiger partial charge in [-0.05, 0) is 33.3 Å². The lowest BCUT2D eigenvalue weighted by molar-refractivity contribution is -0.135. The summed E-state index contributed by atoms with van der Waals surface area (Å²) >= 11 is 1.13. The van der Waals surface area contributed by atoms with Crippen molar-refractivity contribution in [3.8, 4) is 0 Å². The van der Waals surface area contributed by atoms with Gasteiger partial charge in [0.2, 0.25) is 5.71 Å². The monoisotopic (exact) mass is 405 g/mol. The van der Waals surface area contributed by atoms with Crippen molar-refractivity contribution in [2.24, 2.45) is 5.16 Å². The van der Waals surface area contributed by atoms with Crippen LogP contribution in [0.2, 0.25) is 0 Å². The van der Waals surface area contributed by atoms with Crippen LogP contribution in [-0.2, 0) is 25.7 Å². The third-order valence-electron chi connectivity index (χ3n) is 3.05. The maximum atomic E-state index is 12.2. The largest absolute Gasteiger partial charge is 0.461 e. The van der Waals surface area contributed by atoms with E-state index in [1.807, 2.05) is 30.3 Å². The Morgan fingerprint density at radius 2 is 1.93 bits per heavy atom. The number of anilines is 1. The van der Waals surface area contributed by atoms with Crippen molar-refractivity contribution in [2.45, 2.75) is 39.9 Å². The van der Waals surface area contributed by atoms with Crippen LogP contribution in [0.4, 0.5) is 9.93 Å². The van der Waals surface area contributed by atoms with Gasteiger partial charge in [-0.25, -0.2) is 14.6 Å². The SMILES string of the molecule is CCOC(=O)/C(=N/OCc1ccccc1)c1csc(NC(=O)OC(C)(C)C)n1. The first-order chi connectivity index (χ1) is 13.3. The standard InChI is InChI=1S/C19H23N3O5S/c1-5-25-16(23)15(22-26-11-13-9-7-6-8-10-13)14-12-28-17(20-14)21-18(24)27-19(2,3)4/h6-10,12H,5,11H2,1-4H3,(H,20,21,24)/b22-15+. The van der Waals surface area contributed by atoms with Gasteiger partial charge < -0.3 is 14.3 Å². The highest BCUT2D eigenvalue weighted by molar-refractivity contribution is 7.14. The predicted molar refractivity (Wildman–Crippen MR) is 106 cm³/mol. The Labute approximate surface area is 167 Å². The molecule has 1 amide bonds. The summed E-state index contributed by atoms with van der Waals surface area (Å²) in [6.45, 7) is 7.35. The van der Waals surface area contributed by atoms with Crippen LogP contribution >= 0.6 is 11.3 Å². The fourth-order valence-electron chi connectivity index (χ4n) is 1.96. The van der Waals surface area contributed by atoms with E-state index < -0.39 is 17.7 Å². The zero-order valence-electron chi connectivity index (χ0n) is 16.2. The van der Waals surface area contributed by atoms with Crippen molar-refractivity contribution in [1.82, 2.24) is 4.98 Å². The van der Waals surface area contributed by atoms with Crippen molar-refractivity contribution in [2.75, 3.05) is 11.9 Å². The second-order valence-corrected chi connectivity index (χ2v) is 7.44. The lowest BCUT2D eigenvalue weighted by Gasteiger charge is -2.18. The van der Waals surface area contributed by atoms with Gasteiger partial charge in [-0.2, -0.15) is 0 Å². The Balaban J connectivity index is 2.10. The third kappa shape index (κ3) is 6.99. The van der Waals surface area contributed by atoms with Gasteiger partial charge >= 0.3 is 12.1 Å².